The van der Waals surface area contributed by atoms with Crippen LogP contribution in [0.4, 0.5) is 5.69 Å². The second-order valence-electron chi connectivity index (χ2n) is 3.46. The van der Waals surface area contributed by atoms with Crippen LogP contribution < -0.4 is 5.32 Å². The van der Waals surface area contributed by atoms with Gasteiger partial charge >= 0.3 is 5.97 Å². The Hall–Kier alpha value is -2.37. The molecule has 0 spiro atoms. The number of carboxylic acid groups (broad SMARTS) is 1. The van der Waals surface area contributed by atoms with Crippen LogP contribution >= 0.6 is 0 Å². The summed E-state index contributed by atoms with van der Waals surface area (Å²) in [5.74, 6) is 0.283. The van der Waals surface area contributed by atoms with E-state index in [4.69, 9.17) is 9.52 Å². The van der Waals surface area contributed by atoms with Gasteiger partial charge in [-0.1, -0.05) is 0 Å². The molecule has 2 aromatic rings. The molecule has 0 atom stereocenters. The number of nitrogens with zero attached hydrogens (tertiary/aromatic N) is 2. The minimum absolute atomic E-state index is 0.0162. The van der Waals surface area contributed by atoms with Crippen molar-refractivity contribution in [1.82, 2.24) is 9.97 Å². The van der Waals surface area contributed by atoms with E-state index in [9.17, 15) is 4.79 Å². The zero-order valence-corrected chi connectivity index (χ0v) is 9.17. The van der Waals surface area contributed by atoms with Crippen molar-refractivity contribution >= 4 is 11.7 Å². The van der Waals surface area contributed by atoms with Gasteiger partial charge in [0.25, 0.3) is 0 Å². The van der Waals surface area contributed by atoms with E-state index in [0.29, 0.717) is 18.1 Å². The highest BCUT2D eigenvalue weighted by Gasteiger charge is 2.04. The van der Waals surface area contributed by atoms with E-state index in [1.807, 2.05) is 6.92 Å². The van der Waals surface area contributed by atoms with E-state index in [1.54, 1.807) is 12.3 Å². The Balaban J connectivity index is 1.97. The van der Waals surface area contributed by atoms with Crippen LogP contribution in [0.3, 0.4) is 0 Å². The second kappa shape index (κ2) is 4.65. The summed E-state index contributed by atoms with van der Waals surface area (Å²) in [5.41, 5.74) is 0.730. The first-order valence-electron chi connectivity index (χ1n) is 4.99. The van der Waals surface area contributed by atoms with Crippen LogP contribution in [0.1, 0.15) is 22.1 Å². The highest BCUT2D eigenvalue weighted by Crippen LogP contribution is 2.09. The Morgan fingerprint density at radius 3 is 2.76 bits per heavy atom. The summed E-state index contributed by atoms with van der Waals surface area (Å²) in [4.78, 5) is 18.4. The maximum absolute atomic E-state index is 10.6. The molecule has 6 heteroatoms. The number of anilines is 1. The van der Waals surface area contributed by atoms with Crippen molar-refractivity contribution in [3.8, 4) is 0 Å². The first-order valence-corrected chi connectivity index (χ1v) is 4.99. The van der Waals surface area contributed by atoms with Crippen molar-refractivity contribution in [2.24, 2.45) is 0 Å². The van der Waals surface area contributed by atoms with Gasteiger partial charge in [-0.15, -0.1) is 0 Å². The fourth-order valence-corrected chi connectivity index (χ4v) is 1.29. The number of aromatic nitrogens is 2. The van der Waals surface area contributed by atoms with Crippen molar-refractivity contribution in [1.29, 1.82) is 0 Å². The topological polar surface area (TPSA) is 88.2 Å². The van der Waals surface area contributed by atoms with Gasteiger partial charge in [-0.2, -0.15) is 0 Å². The van der Waals surface area contributed by atoms with Crippen LogP contribution in [0.2, 0.25) is 0 Å². The summed E-state index contributed by atoms with van der Waals surface area (Å²) < 4.78 is 5.28. The van der Waals surface area contributed by atoms with E-state index in [0.717, 1.165) is 5.76 Å². The number of aromatic carboxylic acids is 1. The lowest BCUT2D eigenvalue weighted by atomic mass is 10.3. The van der Waals surface area contributed by atoms with Crippen LogP contribution in [0.5, 0.6) is 0 Å². The summed E-state index contributed by atoms with van der Waals surface area (Å²) in [6.45, 7) is 2.25. The highest BCUT2D eigenvalue weighted by atomic mass is 16.4. The molecule has 0 fully saturated rings. The molecule has 0 aliphatic heterocycles. The van der Waals surface area contributed by atoms with Crippen molar-refractivity contribution in [3.63, 3.8) is 0 Å². The quantitative estimate of drug-likeness (QED) is 0.835. The molecule has 0 bridgehead atoms. The molecule has 0 saturated carbocycles. The van der Waals surface area contributed by atoms with E-state index in [1.165, 1.54) is 12.3 Å². The van der Waals surface area contributed by atoms with Gasteiger partial charge in [0.1, 0.15) is 11.5 Å². The summed E-state index contributed by atoms with van der Waals surface area (Å²) in [7, 11) is 0. The Morgan fingerprint density at radius 1 is 1.41 bits per heavy atom. The standard InChI is InChI=1S/C11H11N3O3/c1-7-4-14-10(17-7)6-12-8-2-3-9(11(15)16)13-5-8/h2-5,12H,6H2,1H3,(H,15,16). The van der Waals surface area contributed by atoms with Gasteiger partial charge < -0.3 is 14.8 Å². The lowest BCUT2D eigenvalue weighted by molar-refractivity contribution is 0.0690. The molecular formula is C11H11N3O3. The number of carbonyl (C=O) groups is 1. The van der Waals surface area contributed by atoms with Gasteiger partial charge in [-0.05, 0) is 19.1 Å². The Kier molecular flexibility index (Phi) is 3.04. The van der Waals surface area contributed by atoms with Crippen LogP contribution in [0.15, 0.2) is 28.9 Å². The van der Waals surface area contributed by atoms with E-state index in [-0.39, 0.29) is 5.69 Å². The normalized spacial score (nSPS) is 10.2. The van der Waals surface area contributed by atoms with Gasteiger partial charge in [0, 0.05) is 0 Å². The minimum atomic E-state index is -1.04. The molecule has 88 valence electrons. The van der Waals surface area contributed by atoms with E-state index >= 15 is 0 Å². The molecule has 2 heterocycles. The molecule has 6 nitrogen and oxygen atoms in total. The molecule has 17 heavy (non-hydrogen) atoms. The Morgan fingerprint density at radius 2 is 2.24 bits per heavy atom. The third kappa shape index (κ3) is 2.81. The summed E-state index contributed by atoms with van der Waals surface area (Å²) in [6, 6.07) is 3.08. The monoisotopic (exact) mass is 233 g/mol. The molecule has 0 unspecified atom stereocenters. The number of rotatable bonds is 4. The average molecular weight is 233 g/mol. The van der Waals surface area contributed by atoms with Gasteiger partial charge in [-0.25, -0.2) is 14.8 Å². The molecule has 0 aliphatic rings. The number of hydrogen-bond acceptors (Lipinski definition) is 5. The molecule has 0 aliphatic carbocycles. The zero-order valence-electron chi connectivity index (χ0n) is 9.17. The van der Waals surface area contributed by atoms with Crippen molar-refractivity contribution in [3.05, 3.63) is 41.9 Å². The van der Waals surface area contributed by atoms with Crippen molar-refractivity contribution in [2.45, 2.75) is 13.5 Å². The smallest absolute Gasteiger partial charge is 0.354 e. The SMILES string of the molecule is Cc1cnc(CNc2ccc(C(=O)O)nc2)o1. The van der Waals surface area contributed by atoms with E-state index < -0.39 is 5.97 Å². The van der Waals surface area contributed by atoms with Crippen LogP contribution in [-0.4, -0.2) is 21.0 Å². The molecule has 2 aromatic heterocycles. The maximum atomic E-state index is 10.6. The average Bonchev–Trinajstić information content (AvgIpc) is 2.73. The molecule has 0 amide bonds. The third-order valence-electron chi connectivity index (χ3n) is 2.10. The Labute approximate surface area is 97.3 Å². The fraction of sp³-hybridized carbons (Fsp3) is 0.182. The largest absolute Gasteiger partial charge is 0.477 e. The first-order chi connectivity index (χ1) is 8.15. The number of pyridine rings is 1. The van der Waals surface area contributed by atoms with Crippen LogP contribution in [0.25, 0.3) is 0 Å². The Bertz CT molecular complexity index is 519. The van der Waals surface area contributed by atoms with Crippen LogP contribution in [-0.2, 0) is 6.54 Å². The lowest BCUT2D eigenvalue weighted by Crippen LogP contribution is -2.03. The second-order valence-corrected chi connectivity index (χ2v) is 3.46. The number of carboxylic acids is 1. The van der Waals surface area contributed by atoms with E-state index in [2.05, 4.69) is 15.3 Å². The minimum Gasteiger partial charge on any atom is -0.477 e. The number of hydrogen-bond donors (Lipinski definition) is 2. The first kappa shape index (κ1) is 11.1. The summed E-state index contributed by atoms with van der Waals surface area (Å²) >= 11 is 0. The summed E-state index contributed by atoms with van der Waals surface area (Å²) in [5, 5.41) is 11.7. The van der Waals surface area contributed by atoms with Gasteiger partial charge in [0.2, 0.25) is 5.89 Å². The van der Waals surface area contributed by atoms with Gasteiger partial charge in [-0.3, -0.25) is 0 Å². The molecular weight excluding hydrogens is 222 g/mol. The third-order valence-corrected chi connectivity index (χ3v) is 2.10. The van der Waals surface area contributed by atoms with Gasteiger partial charge in [0.15, 0.2) is 0 Å². The molecule has 0 radical (unpaired) electrons. The number of nitrogens with one attached hydrogen (secondary N) is 1. The fourth-order valence-electron chi connectivity index (χ4n) is 1.29. The zero-order chi connectivity index (χ0) is 12.3. The predicted molar refractivity (Wildman–Crippen MR) is 59.8 cm³/mol. The number of oxazole rings is 1. The number of aryl methyl sites for hydroxylation is 1. The van der Waals surface area contributed by atoms with Crippen LogP contribution in [0, 0.1) is 6.92 Å². The maximum Gasteiger partial charge on any atom is 0.354 e. The summed E-state index contributed by atoms with van der Waals surface area (Å²) in [6.07, 6.45) is 3.10. The lowest BCUT2D eigenvalue weighted by Gasteiger charge is -2.03. The van der Waals surface area contributed by atoms with Crippen molar-refractivity contribution in [2.75, 3.05) is 5.32 Å². The highest BCUT2D eigenvalue weighted by molar-refractivity contribution is 5.85. The van der Waals surface area contributed by atoms with Gasteiger partial charge in [0.05, 0.1) is 24.6 Å². The van der Waals surface area contributed by atoms with Crippen molar-refractivity contribution < 1.29 is 14.3 Å². The molecule has 0 saturated heterocycles. The molecule has 2 N–H and O–H groups in total. The molecule has 0 aromatic carbocycles. The molecule has 2 rings (SSSR count). The predicted octanol–water partition coefficient (Wildman–Crippen LogP) is 1.69.